The number of aromatic amines is 1. The van der Waals surface area contributed by atoms with Crippen LogP contribution in [0.3, 0.4) is 0 Å². The molecule has 0 aliphatic rings. The fourth-order valence-electron chi connectivity index (χ4n) is 2.37. The summed E-state index contributed by atoms with van der Waals surface area (Å²) in [4.78, 5) is 17.1. The quantitative estimate of drug-likeness (QED) is 0.763. The molecule has 3 rings (SSSR count). The minimum absolute atomic E-state index is 0.0478. The summed E-state index contributed by atoms with van der Waals surface area (Å²) < 4.78 is 1.52. The zero-order valence-electron chi connectivity index (χ0n) is 11.0. The number of benzene rings is 1. The lowest BCUT2D eigenvalue weighted by molar-refractivity contribution is 0.893. The predicted molar refractivity (Wildman–Crippen MR) is 75.4 cm³/mol. The smallest absolute Gasteiger partial charge is 0.280 e. The Labute approximate surface area is 110 Å². The van der Waals surface area contributed by atoms with Gasteiger partial charge < -0.3 is 0 Å². The number of hydrogen-bond acceptors (Lipinski definition) is 2. The summed E-state index contributed by atoms with van der Waals surface area (Å²) in [5, 5.41) is 2.99. The van der Waals surface area contributed by atoms with E-state index in [1.807, 2.05) is 43.5 Å². The third-order valence-corrected chi connectivity index (χ3v) is 3.36. The molecule has 4 nitrogen and oxygen atoms in total. The highest BCUT2D eigenvalue weighted by atomic mass is 16.1. The van der Waals surface area contributed by atoms with E-state index in [1.54, 1.807) is 0 Å². The Kier molecular flexibility index (Phi) is 2.71. The van der Waals surface area contributed by atoms with Crippen LogP contribution in [0.1, 0.15) is 18.2 Å². The summed E-state index contributed by atoms with van der Waals surface area (Å²) in [7, 11) is 0. The van der Waals surface area contributed by atoms with E-state index in [0.717, 1.165) is 28.9 Å². The highest BCUT2D eigenvalue weighted by molar-refractivity contribution is 5.66. The van der Waals surface area contributed by atoms with E-state index >= 15 is 0 Å². The van der Waals surface area contributed by atoms with Gasteiger partial charge >= 0.3 is 0 Å². The Hall–Kier alpha value is -2.36. The molecule has 0 saturated heterocycles. The maximum absolute atomic E-state index is 12.6. The molecule has 0 saturated carbocycles. The standard InChI is InChI=1S/C15H15N3O/c1-3-11-9-16-18-14(11)17-10(2)13(15(18)19)12-7-5-4-6-8-12/h4-9,16H,3H2,1-2H3. The first-order valence-corrected chi connectivity index (χ1v) is 6.37. The van der Waals surface area contributed by atoms with E-state index in [0.29, 0.717) is 5.56 Å². The molecular weight excluding hydrogens is 238 g/mol. The summed E-state index contributed by atoms with van der Waals surface area (Å²) in [6, 6.07) is 9.65. The van der Waals surface area contributed by atoms with Crippen LogP contribution in [0.25, 0.3) is 16.8 Å². The maximum atomic E-state index is 12.6. The highest BCUT2D eigenvalue weighted by Crippen LogP contribution is 2.19. The van der Waals surface area contributed by atoms with E-state index in [4.69, 9.17) is 0 Å². The first kappa shape index (κ1) is 11.7. The van der Waals surface area contributed by atoms with Gasteiger partial charge in [-0.3, -0.25) is 9.89 Å². The van der Waals surface area contributed by atoms with E-state index < -0.39 is 0 Å². The van der Waals surface area contributed by atoms with Crippen LogP contribution in [-0.4, -0.2) is 14.6 Å². The minimum Gasteiger partial charge on any atom is -0.297 e. The first-order chi connectivity index (χ1) is 9.22. The van der Waals surface area contributed by atoms with Gasteiger partial charge in [-0.05, 0) is 18.9 Å². The Bertz CT molecular complexity index is 784. The number of rotatable bonds is 2. The van der Waals surface area contributed by atoms with Crippen molar-refractivity contribution in [1.29, 1.82) is 0 Å². The molecule has 4 heteroatoms. The number of nitrogens with one attached hydrogen (secondary N) is 1. The average Bonchev–Trinajstić information content (AvgIpc) is 2.83. The molecule has 3 aromatic rings. The molecule has 0 fully saturated rings. The average molecular weight is 253 g/mol. The molecule has 96 valence electrons. The van der Waals surface area contributed by atoms with Crippen LogP contribution in [0.4, 0.5) is 0 Å². The fourth-order valence-corrected chi connectivity index (χ4v) is 2.37. The molecule has 0 bridgehead atoms. The van der Waals surface area contributed by atoms with E-state index in [-0.39, 0.29) is 5.56 Å². The van der Waals surface area contributed by atoms with Gasteiger partial charge in [-0.2, -0.15) is 0 Å². The summed E-state index contributed by atoms with van der Waals surface area (Å²) in [6.45, 7) is 3.94. The van der Waals surface area contributed by atoms with Crippen molar-refractivity contribution >= 4 is 5.65 Å². The highest BCUT2D eigenvalue weighted by Gasteiger charge is 2.14. The lowest BCUT2D eigenvalue weighted by atomic mass is 10.1. The maximum Gasteiger partial charge on any atom is 0.280 e. The predicted octanol–water partition coefficient (Wildman–Crippen LogP) is 2.56. The van der Waals surface area contributed by atoms with Gasteiger partial charge in [-0.25, -0.2) is 9.50 Å². The second kappa shape index (κ2) is 4.39. The largest absolute Gasteiger partial charge is 0.297 e. The molecule has 1 aromatic carbocycles. The molecule has 19 heavy (non-hydrogen) atoms. The van der Waals surface area contributed by atoms with Crippen LogP contribution in [-0.2, 0) is 6.42 Å². The molecule has 0 unspecified atom stereocenters. The molecule has 0 atom stereocenters. The second-order valence-corrected chi connectivity index (χ2v) is 4.55. The van der Waals surface area contributed by atoms with Gasteiger partial charge in [0.15, 0.2) is 5.65 Å². The SMILES string of the molecule is CCc1c[nH]n2c(=O)c(-c3ccccc3)c(C)nc12. The molecule has 2 heterocycles. The van der Waals surface area contributed by atoms with Crippen molar-refractivity contribution in [3.05, 3.63) is 58.1 Å². The topological polar surface area (TPSA) is 50.2 Å². The van der Waals surface area contributed by atoms with Gasteiger partial charge in [0.05, 0.1) is 11.3 Å². The summed E-state index contributed by atoms with van der Waals surface area (Å²) in [6.07, 6.45) is 2.70. The van der Waals surface area contributed by atoms with Crippen molar-refractivity contribution in [1.82, 2.24) is 14.6 Å². The number of hydrogen-bond donors (Lipinski definition) is 1. The Morgan fingerprint density at radius 2 is 2.00 bits per heavy atom. The normalized spacial score (nSPS) is 11.1. The van der Waals surface area contributed by atoms with Crippen molar-refractivity contribution in [2.75, 3.05) is 0 Å². The number of fused-ring (bicyclic) bond motifs is 1. The molecule has 0 aliphatic heterocycles. The van der Waals surface area contributed by atoms with Gasteiger partial charge in [0.25, 0.3) is 5.56 Å². The van der Waals surface area contributed by atoms with Gasteiger partial charge in [-0.1, -0.05) is 37.3 Å². The Morgan fingerprint density at radius 1 is 1.26 bits per heavy atom. The Morgan fingerprint density at radius 3 is 2.68 bits per heavy atom. The van der Waals surface area contributed by atoms with Crippen molar-refractivity contribution in [3.8, 4) is 11.1 Å². The van der Waals surface area contributed by atoms with Gasteiger partial charge in [0.1, 0.15) is 0 Å². The summed E-state index contributed by atoms with van der Waals surface area (Å²) in [5.41, 5.74) is 4.06. The molecule has 0 aliphatic carbocycles. The van der Waals surface area contributed by atoms with Gasteiger partial charge in [-0.15, -0.1) is 0 Å². The van der Waals surface area contributed by atoms with Crippen LogP contribution in [0.15, 0.2) is 41.3 Å². The van der Waals surface area contributed by atoms with E-state index in [9.17, 15) is 4.79 Å². The number of aromatic nitrogens is 3. The van der Waals surface area contributed by atoms with Crippen molar-refractivity contribution in [2.45, 2.75) is 20.3 Å². The van der Waals surface area contributed by atoms with Crippen molar-refractivity contribution in [2.24, 2.45) is 0 Å². The first-order valence-electron chi connectivity index (χ1n) is 6.37. The monoisotopic (exact) mass is 253 g/mol. The van der Waals surface area contributed by atoms with Crippen molar-refractivity contribution < 1.29 is 0 Å². The number of H-pyrrole nitrogens is 1. The molecule has 0 radical (unpaired) electrons. The zero-order chi connectivity index (χ0) is 13.4. The zero-order valence-corrected chi connectivity index (χ0v) is 11.0. The molecule has 1 N–H and O–H groups in total. The second-order valence-electron chi connectivity index (χ2n) is 4.55. The minimum atomic E-state index is -0.0478. The molecule has 0 amide bonds. The van der Waals surface area contributed by atoms with Gasteiger partial charge in [0.2, 0.25) is 0 Å². The number of nitrogens with zero attached hydrogens (tertiary/aromatic N) is 2. The lowest BCUT2D eigenvalue weighted by Gasteiger charge is -2.06. The van der Waals surface area contributed by atoms with Crippen LogP contribution >= 0.6 is 0 Å². The van der Waals surface area contributed by atoms with Crippen LogP contribution in [0.2, 0.25) is 0 Å². The fraction of sp³-hybridized carbons (Fsp3) is 0.200. The summed E-state index contributed by atoms with van der Waals surface area (Å²) >= 11 is 0. The van der Waals surface area contributed by atoms with Crippen molar-refractivity contribution in [3.63, 3.8) is 0 Å². The van der Waals surface area contributed by atoms with E-state index in [1.165, 1.54) is 4.52 Å². The van der Waals surface area contributed by atoms with Gasteiger partial charge in [0, 0.05) is 11.8 Å². The molecule has 0 spiro atoms. The van der Waals surface area contributed by atoms with Crippen LogP contribution < -0.4 is 5.56 Å². The number of aryl methyl sites for hydroxylation is 2. The van der Waals surface area contributed by atoms with Crippen LogP contribution in [0, 0.1) is 6.92 Å². The molecule has 2 aromatic heterocycles. The Balaban J connectivity index is 2.36. The molecular formula is C15H15N3O. The van der Waals surface area contributed by atoms with Crippen LogP contribution in [0.5, 0.6) is 0 Å². The summed E-state index contributed by atoms with van der Waals surface area (Å²) in [5.74, 6) is 0. The third kappa shape index (κ3) is 1.76. The lowest BCUT2D eigenvalue weighted by Crippen LogP contribution is -2.19. The third-order valence-electron chi connectivity index (χ3n) is 3.36. The van der Waals surface area contributed by atoms with E-state index in [2.05, 4.69) is 17.0 Å².